The minimum atomic E-state index is -2.42. The molecule has 29 heavy (non-hydrogen) atoms. The van der Waals surface area contributed by atoms with E-state index in [2.05, 4.69) is 49.9 Å². The minimum Gasteiger partial charge on any atom is -0.367 e. The Bertz CT molecular complexity index is 635. The van der Waals surface area contributed by atoms with Crippen molar-refractivity contribution in [3.63, 3.8) is 0 Å². The van der Waals surface area contributed by atoms with Crippen LogP contribution in [0.15, 0.2) is 49.1 Å². The van der Waals surface area contributed by atoms with Crippen LogP contribution in [0, 0.1) is 17.8 Å². The fourth-order valence-corrected chi connectivity index (χ4v) is 5.12. The van der Waals surface area contributed by atoms with E-state index in [0.717, 1.165) is 37.2 Å². The first-order chi connectivity index (χ1) is 14.1. The van der Waals surface area contributed by atoms with Crippen molar-refractivity contribution in [3.05, 3.63) is 60.2 Å². The Kier molecular flexibility index (Phi) is 8.47. The van der Waals surface area contributed by atoms with E-state index in [1.54, 1.807) is 0 Å². The Labute approximate surface area is 175 Å². The summed E-state index contributed by atoms with van der Waals surface area (Å²) in [6.07, 6.45) is 11.6. The molecule has 0 aliphatic heterocycles. The minimum absolute atomic E-state index is 0.0437. The van der Waals surface area contributed by atoms with Crippen LogP contribution in [0.5, 0.6) is 0 Å². The Morgan fingerprint density at radius 3 is 2.14 bits per heavy atom. The molecule has 0 bridgehead atoms. The summed E-state index contributed by atoms with van der Waals surface area (Å²) >= 11 is 0. The van der Waals surface area contributed by atoms with Gasteiger partial charge in [-0.1, -0.05) is 42.5 Å². The Balaban J connectivity index is 1.50. The number of alkyl halides is 2. The van der Waals surface area contributed by atoms with Gasteiger partial charge < -0.3 is 4.74 Å². The standard InChI is InChI=1S/C26H36F2O/c1-3-5-20-8-12-22(13-9-20)23-14-10-21(11-15-23)18-29-25(26(27)28)24-16-6-19(4-2)7-17-24/h3-5,10-11,14-15,19-20,22,24-26H,2,6-9,12-13,16-18H2,1H3/b5-3+. The first kappa shape index (κ1) is 22.2. The summed E-state index contributed by atoms with van der Waals surface area (Å²) in [5.74, 6) is 1.79. The average Bonchev–Trinajstić information content (AvgIpc) is 2.75. The molecule has 2 aliphatic carbocycles. The SMILES string of the molecule is C=CC1CCC(C(OCc2ccc(C3CCC(/C=C/C)CC3)cc2)C(F)F)CC1. The predicted molar refractivity (Wildman–Crippen MR) is 116 cm³/mol. The zero-order valence-corrected chi connectivity index (χ0v) is 17.7. The number of allylic oxidation sites excluding steroid dienone is 3. The van der Waals surface area contributed by atoms with Crippen molar-refractivity contribution >= 4 is 0 Å². The molecule has 160 valence electrons. The second kappa shape index (κ2) is 11.1. The highest BCUT2D eigenvalue weighted by atomic mass is 19.3. The van der Waals surface area contributed by atoms with Crippen LogP contribution in [0.3, 0.4) is 0 Å². The molecule has 1 nitrogen and oxygen atoms in total. The van der Waals surface area contributed by atoms with E-state index in [9.17, 15) is 8.78 Å². The molecule has 2 saturated carbocycles. The van der Waals surface area contributed by atoms with Gasteiger partial charge in [-0.05, 0) is 93.1 Å². The number of hydrogen-bond donors (Lipinski definition) is 0. The van der Waals surface area contributed by atoms with Crippen molar-refractivity contribution in [1.29, 1.82) is 0 Å². The third kappa shape index (κ3) is 6.25. The molecule has 0 saturated heterocycles. The molecule has 0 N–H and O–H groups in total. The number of halogens is 2. The molecular weight excluding hydrogens is 366 g/mol. The van der Waals surface area contributed by atoms with Crippen molar-refractivity contribution < 1.29 is 13.5 Å². The molecule has 1 aromatic rings. The van der Waals surface area contributed by atoms with Gasteiger partial charge in [0.25, 0.3) is 6.43 Å². The lowest BCUT2D eigenvalue weighted by atomic mass is 9.78. The van der Waals surface area contributed by atoms with Gasteiger partial charge in [-0.3, -0.25) is 0 Å². The van der Waals surface area contributed by atoms with Gasteiger partial charge in [0.1, 0.15) is 6.10 Å². The maximum atomic E-state index is 13.6. The van der Waals surface area contributed by atoms with Crippen LogP contribution < -0.4 is 0 Å². The highest BCUT2D eigenvalue weighted by molar-refractivity contribution is 5.25. The quantitative estimate of drug-likeness (QED) is 0.405. The molecule has 0 amide bonds. The molecule has 1 unspecified atom stereocenters. The Morgan fingerprint density at radius 2 is 1.59 bits per heavy atom. The van der Waals surface area contributed by atoms with E-state index in [0.29, 0.717) is 11.8 Å². The van der Waals surface area contributed by atoms with E-state index in [4.69, 9.17) is 4.74 Å². The molecule has 0 heterocycles. The van der Waals surface area contributed by atoms with Crippen molar-refractivity contribution in [2.45, 2.75) is 83.3 Å². The number of ether oxygens (including phenoxy) is 1. The highest BCUT2D eigenvalue weighted by Gasteiger charge is 2.33. The maximum Gasteiger partial charge on any atom is 0.264 e. The third-order valence-corrected chi connectivity index (χ3v) is 6.99. The van der Waals surface area contributed by atoms with Crippen LogP contribution in [0.2, 0.25) is 0 Å². The van der Waals surface area contributed by atoms with Gasteiger partial charge in [-0.25, -0.2) is 8.78 Å². The van der Waals surface area contributed by atoms with Gasteiger partial charge in [-0.2, -0.15) is 0 Å². The molecule has 3 heteroatoms. The number of benzene rings is 1. The molecular formula is C26H36F2O. The van der Waals surface area contributed by atoms with Crippen LogP contribution in [0.4, 0.5) is 8.78 Å². The number of hydrogen-bond acceptors (Lipinski definition) is 1. The first-order valence-electron chi connectivity index (χ1n) is 11.3. The molecule has 0 aromatic heterocycles. The summed E-state index contributed by atoms with van der Waals surface area (Å²) in [6, 6.07) is 8.47. The second-order valence-corrected chi connectivity index (χ2v) is 8.90. The van der Waals surface area contributed by atoms with Gasteiger partial charge in [0.05, 0.1) is 6.61 Å². The van der Waals surface area contributed by atoms with Gasteiger partial charge in [0.2, 0.25) is 0 Å². The third-order valence-electron chi connectivity index (χ3n) is 6.99. The van der Waals surface area contributed by atoms with Crippen LogP contribution in [0.25, 0.3) is 0 Å². The lowest BCUT2D eigenvalue weighted by Crippen LogP contribution is -2.33. The van der Waals surface area contributed by atoms with Crippen LogP contribution >= 0.6 is 0 Å². The van der Waals surface area contributed by atoms with Gasteiger partial charge in [0.15, 0.2) is 0 Å². The van der Waals surface area contributed by atoms with Crippen LogP contribution in [0.1, 0.15) is 75.3 Å². The monoisotopic (exact) mass is 402 g/mol. The zero-order chi connectivity index (χ0) is 20.6. The van der Waals surface area contributed by atoms with Gasteiger partial charge >= 0.3 is 0 Å². The summed E-state index contributed by atoms with van der Waals surface area (Å²) in [4.78, 5) is 0. The second-order valence-electron chi connectivity index (χ2n) is 8.90. The summed E-state index contributed by atoms with van der Waals surface area (Å²) in [5, 5.41) is 0. The Morgan fingerprint density at radius 1 is 0.966 bits per heavy atom. The summed E-state index contributed by atoms with van der Waals surface area (Å²) < 4.78 is 33.0. The first-order valence-corrected chi connectivity index (χ1v) is 11.3. The maximum absolute atomic E-state index is 13.6. The molecule has 0 radical (unpaired) electrons. The lowest BCUT2D eigenvalue weighted by Gasteiger charge is -2.32. The zero-order valence-electron chi connectivity index (χ0n) is 17.7. The molecule has 1 atom stereocenters. The van der Waals surface area contributed by atoms with Crippen molar-refractivity contribution in [1.82, 2.24) is 0 Å². The smallest absolute Gasteiger partial charge is 0.264 e. The largest absolute Gasteiger partial charge is 0.367 e. The topological polar surface area (TPSA) is 9.23 Å². The van der Waals surface area contributed by atoms with E-state index < -0.39 is 12.5 Å². The van der Waals surface area contributed by atoms with Gasteiger partial charge in [0, 0.05) is 0 Å². The summed E-state index contributed by atoms with van der Waals surface area (Å²) in [5.41, 5.74) is 2.36. The Hall–Kier alpha value is -1.48. The fraction of sp³-hybridized carbons (Fsp3) is 0.615. The van der Waals surface area contributed by atoms with E-state index in [1.165, 1.54) is 31.2 Å². The van der Waals surface area contributed by atoms with Crippen molar-refractivity contribution in [2.24, 2.45) is 17.8 Å². The lowest BCUT2D eigenvalue weighted by molar-refractivity contribution is -0.101. The predicted octanol–water partition coefficient (Wildman–Crippen LogP) is 7.68. The summed E-state index contributed by atoms with van der Waals surface area (Å²) in [6.45, 7) is 6.20. The highest BCUT2D eigenvalue weighted by Crippen LogP contribution is 2.37. The molecule has 2 fully saturated rings. The van der Waals surface area contributed by atoms with Gasteiger partial charge in [-0.15, -0.1) is 6.58 Å². The van der Waals surface area contributed by atoms with E-state index in [-0.39, 0.29) is 12.5 Å². The number of rotatable bonds is 8. The van der Waals surface area contributed by atoms with Crippen LogP contribution in [-0.2, 0) is 11.3 Å². The average molecular weight is 403 g/mol. The van der Waals surface area contributed by atoms with Crippen molar-refractivity contribution in [2.75, 3.05) is 0 Å². The normalized spacial score (nSPS) is 29.2. The fourth-order valence-electron chi connectivity index (χ4n) is 5.12. The van der Waals surface area contributed by atoms with E-state index in [1.807, 2.05) is 6.08 Å². The van der Waals surface area contributed by atoms with E-state index >= 15 is 0 Å². The molecule has 3 rings (SSSR count). The molecule has 2 aliphatic rings. The van der Waals surface area contributed by atoms with Crippen LogP contribution in [-0.4, -0.2) is 12.5 Å². The van der Waals surface area contributed by atoms with Crippen molar-refractivity contribution in [3.8, 4) is 0 Å². The summed E-state index contributed by atoms with van der Waals surface area (Å²) in [7, 11) is 0. The molecule has 0 spiro atoms. The molecule has 1 aromatic carbocycles.